The summed E-state index contributed by atoms with van der Waals surface area (Å²) in [6.45, 7) is 8.17. The third-order valence-electron chi connectivity index (χ3n) is 3.51. The highest BCUT2D eigenvalue weighted by Crippen LogP contribution is 2.33. The number of hydrogen-bond donors (Lipinski definition) is 2. The predicted molar refractivity (Wildman–Crippen MR) is 97.7 cm³/mol. The van der Waals surface area contributed by atoms with Crippen LogP contribution in [0.2, 0.25) is 0 Å². The van der Waals surface area contributed by atoms with E-state index in [1.54, 1.807) is 6.92 Å². The zero-order valence-electron chi connectivity index (χ0n) is 13.9. The Morgan fingerprint density at radius 3 is 2.88 bits per heavy atom. The van der Waals surface area contributed by atoms with Crippen molar-refractivity contribution in [2.45, 2.75) is 26.3 Å². The third-order valence-corrected chi connectivity index (χ3v) is 3.73. The maximum Gasteiger partial charge on any atom is 0.338 e. The van der Waals surface area contributed by atoms with E-state index in [1.807, 2.05) is 31.2 Å². The summed E-state index contributed by atoms with van der Waals surface area (Å²) < 4.78 is 11.1. The number of carbonyl (C=O) groups is 1. The molecular weight excluding hydrogens is 324 g/mol. The van der Waals surface area contributed by atoms with Crippen LogP contribution in [0.25, 0.3) is 0 Å². The zero-order chi connectivity index (χ0) is 17.5. The zero-order valence-corrected chi connectivity index (χ0v) is 14.7. The van der Waals surface area contributed by atoms with Crippen molar-refractivity contribution in [3.63, 3.8) is 0 Å². The maximum atomic E-state index is 12.5. The lowest BCUT2D eigenvalue weighted by Gasteiger charge is -2.30. The Hall–Kier alpha value is -2.34. The highest BCUT2D eigenvalue weighted by molar-refractivity contribution is 7.80. The van der Waals surface area contributed by atoms with Crippen LogP contribution in [0.5, 0.6) is 5.75 Å². The number of para-hydroxylation sites is 1. The molecule has 5 nitrogen and oxygen atoms in total. The molecular formula is C18H22N2O3S. The average molecular weight is 346 g/mol. The number of nitrogens with one attached hydrogen (secondary N) is 2. The second-order valence-corrected chi connectivity index (χ2v) is 5.75. The minimum absolute atomic E-state index is 0.154. The first-order chi connectivity index (χ1) is 11.6. The maximum absolute atomic E-state index is 12.5. The first kappa shape index (κ1) is 18.0. The van der Waals surface area contributed by atoms with Gasteiger partial charge in [0.25, 0.3) is 0 Å². The summed E-state index contributed by atoms with van der Waals surface area (Å²) in [7, 11) is 0. The van der Waals surface area contributed by atoms with Crippen molar-refractivity contribution in [3.8, 4) is 5.75 Å². The summed E-state index contributed by atoms with van der Waals surface area (Å²) in [4.78, 5) is 12.5. The van der Waals surface area contributed by atoms with Crippen molar-refractivity contribution in [2.75, 3.05) is 13.2 Å². The lowest BCUT2D eigenvalue weighted by Crippen LogP contribution is -2.45. The van der Waals surface area contributed by atoms with E-state index in [1.165, 1.54) is 6.08 Å². The summed E-state index contributed by atoms with van der Waals surface area (Å²) in [5.74, 6) is 0.313. The number of allylic oxidation sites excluding steroid dienone is 1. The second kappa shape index (κ2) is 8.49. The van der Waals surface area contributed by atoms with Crippen molar-refractivity contribution >= 4 is 23.3 Å². The quantitative estimate of drug-likeness (QED) is 0.450. The fourth-order valence-electron chi connectivity index (χ4n) is 2.47. The molecule has 1 atom stereocenters. The van der Waals surface area contributed by atoms with Gasteiger partial charge in [-0.15, -0.1) is 0 Å². The van der Waals surface area contributed by atoms with Gasteiger partial charge in [0, 0.05) is 11.3 Å². The highest BCUT2D eigenvalue weighted by Gasteiger charge is 2.32. The Bertz CT molecular complexity index is 670. The van der Waals surface area contributed by atoms with Gasteiger partial charge in [-0.1, -0.05) is 37.8 Å². The molecule has 2 N–H and O–H groups in total. The Morgan fingerprint density at radius 1 is 1.42 bits per heavy atom. The molecule has 6 heteroatoms. The fraction of sp³-hybridized carbons (Fsp3) is 0.333. The first-order valence-electron chi connectivity index (χ1n) is 7.86. The number of hydrogen-bond acceptors (Lipinski definition) is 4. The molecule has 0 saturated heterocycles. The lowest BCUT2D eigenvalue weighted by molar-refractivity contribution is -0.138. The van der Waals surface area contributed by atoms with Gasteiger partial charge in [-0.25, -0.2) is 4.79 Å². The molecule has 0 aliphatic carbocycles. The van der Waals surface area contributed by atoms with Crippen molar-refractivity contribution in [1.82, 2.24) is 10.6 Å². The minimum Gasteiger partial charge on any atom is -0.493 e. The fourth-order valence-corrected chi connectivity index (χ4v) is 2.74. The molecule has 0 spiro atoms. The summed E-state index contributed by atoms with van der Waals surface area (Å²) >= 11 is 5.25. The van der Waals surface area contributed by atoms with Crippen LogP contribution in [-0.4, -0.2) is 24.3 Å². The van der Waals surface area contributed by atoms with Crippen molar-refractivity contribution in [2.24, 2.45) is 0 Å². The normalized spacial score (nSPS) is 16.9. The van der Waals surface area contributed by atoms with Gasteiger partial charge in [-0.3, -0.25) is 0 Å². The van der Waals surface area contributed by atoms with Crippen LogP contribution < -0.4 is 15.4 Å². The number of esters is 1. The van der Waals surface area contributed by atoms with E-state index in [4.69, 9.17) is 21.7 Å². The minimum atomic E-state index is -0.427. The van der Waals surface area contributed by atoms with E-state index in [-0.39, 0.29) is 6.61 Å². The molecule has 1 aliphatic rings. The molecule has 0 amide bonds. The highest BCUT2D eigenvalue weighted by atomic mass is 32.1. The Labute approximate surface area is 147 Å². The number of rotatable bonds is 7. The van der Waals surface area contributed by atoms with E-state index < -0.39 is 12.0 Å². The molecule has 128 valence electrons. The van der Waals surface area contributed by atoms with E-state index in [9.17, 15) is 4.79 Å². The number of ether oxygens (including phenoxy) is 2. The SMILES string of the molecule is C=CCOC(=O)C1=C(C)NC(=S)NC1c1ccccc1OCCC. The summed E-state index contributed by atoms with van der Waals surface area (Å²) in [5.41, 5.74) is 2.00. The third kappa shape index (κ3) is 4.14. The average Bonchev–Trinajstić information content (AvgIpc) is 2.57. The van der Waals surface area contributed by atoms with Crippen LogP contribution in [0.4, 0.5) is 0 Å². The number of benzene rings is 1. The molecule has 24 heavy (non-hydrogen) atoms. The Morgan fingerprint density at radius 2 is 2.17 bits per heavy atom. The summed E-state index contributed by atoms with van der Waals surface area (Å²) in [6, 6.07) is 7.19. The van der Waals surface area contributed by atoms with E-state index in [0.717, 1.165) is 17.7 Å². The van der Waals surface area contributed by atoms with E-state index in [2.05, 4.69) is 17.2 Å². The van der Waals surface area contributed by atoms with E-state index in [0.29, 0.717) is 23.0 Å². The van der Waals surface area contributed by atoms with Gasteiger partial charge in [0.2, 0.25) is 0 Å². The second-order valence-electron chi connectivity index (χ2n) is 5.34. The van der Waals surface area contributed by atoms with Crippen LogP contribution >= 0.6 is 12.2 Å². The van der Waals surface area contributed by atoms with Gasteiger partial charge in [0.15, 0.2) is 5.11 Å². The molecule has 2 rings (SSSR count). The van der Waals surface area contributed by atoms with Crippen molar-refractivity contribution in [3.05, 3.63) is 53.8 Å². The Balaban J connectivity index is 2.41. The largest absolute Gasteiger partial charge is 0.493 e. The molecule has 0 fully saturated rings. The van der Waals surface area contributed by atoms with E-state index >= 15 is 0 Å². The van der Waals surface area contributed by atoms with Gasteiger partial charge in [0.05, 0.1) is 18.2 Å². The number of carbonyl (C=O) groups excluding carboxylic acids is 1. The van der Waals surface area contributed by atoms with Crippen molar-refractivity contribution < 1.29 is 14.3 Å². The van der Waals surface area contributed by atoms with Gasteiger partial charge in [-0.05, 0) is 31.6 Å². The predicted octanol–water partition coefficient (Wildman–Crippen LogP) is 3.00. The molecule has 1 unspecified atom stereocenters. The van der Waals surface area contributed by atoms with Crippen LogP contribution in [-0.2, 0) is 9.53 Å². The number of thiocarbonyl (C=S) groups is 1. The van der Waals surface area contributed by atoms with Crippen LogP contribution in [0, 0.1) is 0 Å². The molecule has 0 radical (unpaired) electrons. The lowest BCUT2D eigenvalue weighted by atomic mass is 9.95. The topological polar surface area (TPSA) is 59.6 Å². The van der Waals surface area contributed by atoms with Gasteiger partial charge in [-0.2, -0.15) is 0 Å². The van der Waals surface area contributed by atoms with Crippen LogP contribution in [0.3, 0.4) is 0 Å². The van der Waals surface area contributed by atoms with Gasteiger partial charge < -0.3 is 20.1 Å². The monoisotopic (exact) mass is 346 g/mol. The summed E-state index contributed by atoms with van der Waals surface area (Å²) in [5, 5.41) is 6.59. The van der Waals surface area contributed by atoms with Crippen LogP contribution in [0.15, 0.2) is 48.2 Å². The smallest absolute Gasteiger partial charge is 0.338 e. The van der Waals surface area contributed by atoms with Gasteiger partial charge in [0.1, 0.15) is 12.4 Å². The van der Waals surface area contributed by atoms with Crippen LogP contribution in [0.1, 0.15) is 31.9 Å². The van der Waals surface area contributed by atoms with Crippen molar-refractivity contribution in [1.29, 1.82) is 0 Å². The molecule has 0 saturated carbocycles. The molecule has 1 aromatic rings. The molecule has 1 aliphatic heterocycles. The molecule has 0 aromatic heterocycles. The molecule has 0 bridgehead atoms. The van der Waals surface area contributed by atoms with Gasteiger partial charge >= 0.3 is 5.97 Å². The Kier molecular flexibility index (Phi) is 6.37. The first-order valence-corrected chi connectivity index (χ1v) is 8.27. The molecule has 1 aromatic carbocycles. The molecule has 1 heterocycles. The summed E-state index contributed by atoms with van der Waals surface area (Å²) in [6.07, 6.45) is 2.44. The standard InChI is InChI=1S/C18H22N2O3S/c1-4-10-22-14-9-7-6-8-13(14)16-15(17(21)23-11-5-2)12(3)19-18(24)20-16/h5-9,16H,2,4,10-11H2,1,3H3,(H2,19,20,24).